The molecule has 0 spiro atoms. The van der Waals surface area contributed by atoms with E-state index in [1.165, 1.54) is 24.9 Å². The fourth-order valence-electron chi connectivity index (χ4n) is 1.45. The summed E-state index contributed by atoms with van der Waals surface area (Å²) in [5.74, 6) is -0.929. The van der Waals surface area contributed by atoms with Crippen LogP contribution in [-0.2, 0) is 19.1 Å². The minimum absolute atomic E-state index is 0.304. The van der Waals surface area contributed by atoms with Crippen molar-refractivity contribution in [3.63, 3.8) is 0 Å². The number of nitrogens with zero attached hydrogens (tertiary/aromatic N) is 2. The third kappa shape index (κ3) is 2.86. The Morgan fingerprint density at radius 1 is 1.53 bits per heavy atom. The molecule has 17 heavy (non-hydrogen) atoms. The molecule has 0 aliphatic carbocycles. The van der Waals surface area contributed by atoms with E-state index in [1.807, 2.05) is 4.90 Å². The van der Waals surface area contributed by atoms with Gasteiger partial charge in [0.25, 0.3) is 5.91 Å². The monoisotopic (exact) mass is 256 g/mol. The van der Waals surface area contributed by atoms with Crippen LogP contribution >= 0.6 is 11.8 Å². The number of amidine groups is 1. The van der Waals surface area contributed by atoms with Gasteiger partial charge in [-0.15, -0.1) is 0 Å². The van der Waals surface area contributed by atoms with Crippen molar-refractivity contribution in [1.82, 2.24) is 4.90 Å². The van der Waals surface area contributed by atoms with E-state index in [1.54, 1.807) is 0 Å². The normalized spacial score (nSPS) is 22.9. The minimum Gasteiger partial charge on any atom is -0.466 e. The SMILES string of the molecule is COC(=O)/C=C1\SC(N2CCOCC2)=NC1=O. The van der Waals surface area contributed by atoms with Gasteiger partial charge in [0.05, 0.1) is 25.2 Å². The number of morpholine rings is 1. The maximum absolute atomic E-state index is 11.5. The molecule has 0 N–H and O–H groups in total. The highest BCUT2D eigenvalue weighted by Crippen LogP contribution is 2.28. The van der Waals surface area contributed by atoms with Gasteiger partial charge in [0.2, 0.25) is 0 Å². The van der Waals surface area contributed by atoms with Crippen molar-refractivity contribution >= 4 is 28.8 Å². The summed E-state index contributed by atoms with van der Waals surface area (Å²) in [4.78, 5) is 28.8. The summed E-state index contributed by atoms with van der Waals surface area (Å²) in [5.41, 5.74) is 0. The van der Waals surface area contributed by atoms with Gasteiger partial charge >= 0.3 is 5.97 Å². The average Bonchev–Trinajstić information content (AvgIpc) is 2.72. The first kappa shape index (κ1) is 12.1. The van der Waals surface area contributed by atoms with E-state index < -0.39 is 5.97 Å². The van der Waals surface area contributed by atoms with Crippen LogP contribution in [0.1, 0.15) is 0 Å². The summed E-state index contributed by atoms with van der Waals surface area (Å²) in [6.45, 7) is 2.68. The second-order valence-electron chi connectivity index (χ2n) is 3.43. The molecule has 1 saturated heterocycles. The standard InChI is InChI=1S/C10H12N2O4S/c1-15-8(13)6-7-9(14)11-10(17-7)12-2-4-16-5-3-12/h6H,2-5H2,1H3/b7-6-. The first-order valence-electron chi connectivity index (χ1n) is 5.14. The van der Waals surface area contributed by atoms with Gasteiger partial charge in [-0.25, -0.2) is 4.79 Å². The second kappa shape index (κ2) is 5.33. The van der Waals surface area contributed by atoms with Gasteiger partial charge in [-0.2, -0.15) is 4.99 Å². The van der Waals surface area contributed by atoms with Gasteiger partial charge in [0.15, 0.2) is 5.17 Å². The Morgan fingerprint density at radius 3 is 2.88 bits per heavy atom. The molecule has 1 amide bonds. The van der Waals surface area contributed by atoms with Gasteiger partial charge in [-0.3, -0.25) is 4.79 Å². The summed E-state index contributed by atoms with van der Waals surface area (Å²) in [5, 5.41) is 0.633. The molecular formula is C10H12N2O4S. The molecule has 2 heterocycles. The first-order chi connectivity index (χ1) is 8.20. The van der Waals surface area contributed by atoms with Crippen LogP contribution in [0.25, 0.3) is 0 Å². The van der Waals surface area contributed by atoms with E-state index >= 15 is 0 Å². The fraction of sp³-hybridized carbons (Fsp3) is 0.500. The highest BCUT2D eigenvalue weighted by atomic mass is 32.2. The number of thioether (sulfide) groups is 1. The molecule has 0 radical (unpaired) electrons. The van der Waals surface area contributed by atoms with Gasteiger partial charge in [0, 0.05) is 19.2 Å². The number of hydrogen-bond donors (Lipinski definition) is 0. The van der Waals surface area contributed by atoms with Crippen LogP contribution in [0.4, 0.5) is 0 Å². The molecule has 2 aliphatic rings. The highest BCUT2D eigenvalue weighted by Gasteiger charge is 2.27. The third-order valence-corrected chi connectivity index (χ3v) is 3.39. The Morgan fingerprint density at radius 2 is 2.24 bits per heavy atom. The Bertz CT molecular complexity index is 399. The molecular weight excluding hydrogens is 244 g/mol. The van der Waals surface area contributed by atoms with Gasteiger partial charge in [-0.05, 0) is 11.8 Å². The van der Waals surface area contributed by atoms with Crippen LogP contribution in [0.3, 0.4) is 0 Å². The number of ether oxygens (including phenoxy) is 2. The van der Waals surface area contributed by atoms with E-state index in [2.05, 4.69) is 9.73 Å². The van der Waals surface area contributed by atoms with Crippen LogP contribution in [0.5, 0.6) is 0 Å². The number of carbonyl (C=O) groups excluding carboxylic acids is 2. The van der Waals surface area contributed by atoms with Crippen LogP contribution < -0.4 is 0 Å². The fourth-order valence-corrected chi connectivity index (χ4v) is 2.38. The lowest BCUT2D eigenvalue weighted by molar-refractivity contribution is -0.135. The predicted octanol–water partition coefficient (Wildman–Crippen LogP) is 0.00490. The molecule has 1 fully saturated rings. The molecule has 2 aliphatic heterocycles. The zero-order chi connectivity index (χ0) is 12.3. The zero-order valence-electron chi connectivity index (χ0n) is 9.34. The van der Waals surface area contributed by atoms with Gasteiger partial charge in [-0.1, -0.05) is 0 Å². The molecule has 0 bridgehead atoms. The molecule has 0 unspecified atom stereocenters. The number of carbonyl (C=O) groups is 2. The number of methoxy groups -OCH3 is 1. The molecule has 0 aromatic rings. The van der Waals surface area contributed by atoms with E-state index in [0.29, 0.717) is 36.4 Å². The predicted molar refractivity (Wildman–Crippen MR) is 62.5 cm³/mol. The summed E-state index contributed by atoms with van der Waals surface area (Å²) in [6, 6.07) is 0. The Labute approximate surface area is 103 Å². The van der Waals surface area contributed by atoms with E-state index in [9.17, 15) is 9.59 Å². The quantitative estimate of drug-likeness (QED) is 0.486. The number of esters is 1. The lowest BCUT2D eigenvalue weighted by atomic mass is 10.4. The number of hydrogen-bond acceptors (Lipinski definition) is 6. The van der Waals surface area contributed by atoms with Crippen molar-refractivity contribution in [2.45, 2.75) is 0 Å². The van der Waals surface area contributed by atoms with Gasteiger partial charge in [0.1, 0.15) is 0 Å². The number of amides is 1. The summed E-state index contributed by atoms with van der Waals surface area (Å²) in [6.07, 6.45) is 1.17. The van der Waals surface area contributed by atoms with Crippen LogP contribution in [0.2, 0.25) is 0 Å². The van der Waals surface area contributed by atoms with Crippen molar-refractivity contribution in [3.8, 4) is 0 Å². The maximum Gasteiger partial charge on any atom is 0.331 e. The van der Waals surface area contributed by atoms with E-state index in [0.717, 1.165) is 0 Å². The molecule has 0 saturated carbocycles. The molecule has 0 atom stereocenters. The maximum atomic E-state index is 11.5. The third-order valence-electron chi connectivity index (χ3n) is 2.34. The zero-order valence-corrected chi connectivity index (χ0v) is 10.2. The first-order valence-corrected chi connectivity index (χ1v) is 5.95. The van der Waals surface area contributed by atoms with E-state index in [4.69, 9.17) is 4.74 Å². The second-order valence-corrected chi connectivity index (χ2v) is 4.44. The lowest BCUT2D eigenvalue weighted by Gasteiger charge is -2.27. The average molecular weight is 256 g/mol. The topological polar surface area (TPSA) is 68.2 Å². The molecule has 0 aromatic carbocycles. The largest absolute Gasteiger partial charge is 0.466 e. The van der Waals surface area contributed by atoms with Gasteiger partial charge < -0.3 is 14.4 Å². The highest BCUT2D eigenvalue weighted by molar-refractivity contribution is 8.18. The Kier molecular flexibility index (Phi) is 3.80. The van der Waals surface area contributed by atoms with Crippen molar-refractivity contribution in [2.24, 2.45) is 4.99 Å². The Hall–Kier alpha value is -1.34. The van der Waals surface area contributed by atoms with Crippen molar-refractivity contribution < 1.29 is 19.1 Å². The van der Waals surface area contributed by atoms with Crippen LogP contribution in [0, 0.1) is 0 Å². The minimum atomic E-state index is -0.542. The number of rotatable bonds is 1. The molecule has 2 rings (SSSR count). The van der Waals surface area contributed by atoms with Crippen molar-refractivity contribution in [3.05, 3.63) is 11.0 Å². The Balaban J connectivity index is 2.04. The summed E-state index contributed by atoms with van der Waals surface area (Å²) in [7, 11) is 1.27. The summed E-state index contributed by atoms with van der Waals surface area (Å²) >= 11 is 1.20. The smallest absolute Gasteiger partial charge is 0.331 e. The molecule has 0 aromatic heterocycles. The van der Waals surface area contributed by atoms with Crippen LogP contribution in [0.15, 0.2) is 16.0 Å². The molecule has 6 nitrogen and oxygen atoms in total. The summed E-state index contributed by atoms with van der Waals surface area (Å²) < 4.78 is 9.69. The van der Waals surface area contributed by atoms with Crippen molar-refractivity contribution in [1.29, 1.82) is 0 Å². The number of aliphatic imine (C=N–C) groups is 1. The van der Waals surface area contributed by atoms with Crippen molar-refractivity contribution in [2.75, 3.05) is 33.4 Å². The van der Waals surface area contributed by atoms with E-state index in [-0.39, 0.29) is 5.91 Å². The lowest BCUT2D eigenvalue weighted by Crippen LogP contribution is -2.38. The molecule has 7 heteroatoms. The molecule has 92 valence electrons. The van der Waals surface area contributed by atoms with Crippen LogP contribution in [-0.4, -0.2) is 55.4 Å².